The van der Waals surface area contributed by atoms with Gasteiger partial charge >= 0.3 is 0 Å². The van der Waals surface area contributed by atoms with Crippen LogP contribution in [0.4, 0.5) is 20.2 Å². The Hall–Kier alpha value is -3.61. The minimum absolute atomic E-state index is 0.0000846. The van der Waals surface area contributed by atoms with Gasteiger partial charge in [-0.15, -0.1) is 0 Å². The normalized spacial score (nSPS) is 10.3. The minimum atomic E-state index is -0.894. The second-order valence-corrected chi connectivity index (χ2v) is 5.75. The van der Waals surface area contributed by atoms with E-state index in [2.05, 4.69) is 15.6 Å². The number of amides is 2. The summed E-state index contributed by atoms with van der Waals surface area (Å²) in [6.07, 6.45) is 1.28. The van der Waals surface area contributed by atoms with Crippen LogP contribution in [0.1, 0.15) is 26.4 Å². The maximum atomic E-state index is 13.7. The zero-order valence-electron chi connectivity index (χ0n) is 14.3. The van der Waals surface area contributed by atoms with Crippen molar-refractivity contribution in [3.8, 4) is 0 Å². The van der Waals surface area contributed by atoms with Gasteiger partial charge in [0.2, 0.25) is 0 Å². The van der Waals surface area contributed by atoms with Crippen molar-refractivity contribution in [2.24, 2.45) is 0 Å². The number of carbonyl (C=O) groups excluding carboxylic acids is 2. The van der Waals surface area contributed by atoms with Crippen molar-refractivity contribution in [1.82, 2.24) is 4.98 Å². The molecule has 0 spiro atoms. The second kappa shape index (κ2) is 7.74. The lowest BCUT2D eigenvalue weighted by atomic mass is 10.1. The monoisotopic (exact) mass is 367 g/mol. The van der Waals surface area contributed by atoms with Gasteiger partial charge in [0.25, 0.3) is 11.8 Å². The number of rotatable bonds is 4. The molecule has 2 N–H and O–H groups in total. The van der Waals surface area contributed by atoms with Crippen molar-refractivity contribution >= 4 is 23.2 Å². The SMILES string of the molecule is Cc1ccccc1NC(=O)c1cc(C(=O)Nc2c(F)cccc2F)ccn1. The highest BCUT2D eigenvalue weighted by molar-refractivity contribution is 6.08. The van der Waals surface area contributed by atoms with E-state index in [1.165, 1.54) is 24.4 Å². The van der Waals surface area contributed by atoms with Crippen molar-refractivity contribution in [2.75, 3.05) is 10.6 Å². The van der Waals surface area contributed by atoms with Gasteiger partial charge in [-0.2, -0.15) is 0 Å². The van der Waals surface area contributed by atoms with Gasteiger partial charge in [-0.25, -0.2) is 8.78 Å². The first-order valence-corrected chi connectivity index (χ1v) is 8.04. The molecular formula is C20H15F2N3O2. The van der Waals surface area contributed by atoms with E-state index in [1.54, 1.807) is 12.1 Å². The molecule has 0 saturated carbocycles. The molecule has 0 atom stereocenters. The first-order valence-electron chi connectivity index (χ1n) is 8.04. The number of aromatic nitrogens is 1. The summed E-state index contributed by atoms with van der Waals surface area (Å²) in [6, 6.07) is 13.1. The maximum absolute atomic E-state index is 13.7. The number of hydrogen-bond acceptors (Lipinski definition) is 3. The van der Waals surface area contributed by atoms with E-state index >= 15 is 0 Å². The number of pyridine rings is 1. The molecule has 0 bridgehead atoms. The third-order valence-corrected chi connectivity index (χ3v) is 3.85. The van der Waals surface area contributed by atoms with Crippen LogP contribution in [0.2, 0.25) is 0 Å². The van der Waals surface area contributed by atoms with E-state index in [4.69, 9.17) is 0 Å². The summed E-state index contributed by atoms with van der Waals surface area (Å²) in [5.74, 6) is -3.05. The van der Waals surface area contributed by atoms with Crippen molar-refractivity contribution in [3.63, 3.8) is 0 Å². The molecule has 0 aliphatic heterocycles. The summed E-state index contributed by atoms with van der Waals surface area (Å²) in [4.78, 5) is 28.6. The standard InChI is InChI=1S/C20H15F2N3O2/c1-12-5-2-3-8-16(12)24-20(27)17-11-13(9-10-23-17)19(26)25-18-14(21)6-4-7-15(18)22/h2-11H,1H3,(H,24,27)(H,25,26). The van der Waals surface area contributed by atoms with Crippen LogP contribution in [0.3, 0.4) is 0 Å². The van der Waals surface area contributed by atoms with Crippen molar-refractivity contribution in [1.29, 1.82) is 0 Å². The molecule has 0 aliphatic carbocycles. The summed E-state index contributed by atoms with van der Waals surface area (Å²) in [7, 11) is 0. The van der Waals surface area contributed by atoms with E-state index < -0.39 is 29.1 Å². The number of para-hydroxylation sites is 2. The first-order chi connectivity index (χ1) is 13.0. The zero-order chi connectivity index (χ0) is 19.4. The average Bonchev–Trinajstić information content (AvgIpc) is 2.66. The predicted molar refractivity (Wildman–Crippen MR) is 97.7 cm³/mol. The van der Waals surface area contributed by atoms with Crippen molar-refractivity contribution in [2.45, 2.75) is 6.92 Å². The molecule has 0 radical (unpaired) electrons. The zero-order valence-corrected chi connectivity index (χ0v) is 14.3. The average molecular weight is 367 g/mol. The van der Waals surface area contributed by atoms with Gasteiger partial charge in [-0.3, -0.25) is 14.6 Å². The van der Waals surface area contributed by atoms with Gasteiger partial charge in [-0.05, 0) is 42.8 Å². The van der Waals surface area contributed by atoms with Crippen LogP contribution in [0, 0.1) is 18.6 Å². The number of anilines is 2. The second-order valence-electron chi connectivity index (χ2n) is 5.75. The fourth-order valence-electron chi connectivity index (χ4n) is 2.40. The molecule has 0 aliphatic rings. The third kappa shape index (κ3) is 4.14. The fraction of sp³-hybridized carbons (Fsp3) is 0.0500. The van der Waals surface area contributed by atoms with Crippen LogP contribution in [-0.4, -0.2) is 16.8 Å². The number of benzene rings is 2. The largest absolute Gasteiger partial charge is 0.320 e. The lowest BCUT2D eigenvalue weighted by Crippen LogP contribution is -2.18. The lowest BCUT2D eigenvalue weighted by molar-refractivity contribution is 0.102. The Balaban J connectivity index is 1.80. The lowest BCUT2D eigenvalue weighted by Gasteiger charge is -2.10. The van der Waals surface area contributed by atoms with Crippen LogP contribution in [0.15, 0.2) is 60.8 Å². The first kappa shape index (κ1) is 18.2. The van der Waals surface area contributed by atoms with Gasteiger partial charge in [0, 0.05) is 17.4 Å². The molecule has 7 heteroatoms. The number of hydrogen-bond donors (Lipinski definition) is 2. The Bertz CT molecular complexity index is 1000. The molecule has 136 valence electrons. The Kier molecular flexibility index (Phi) is 5.21. The van der Waals surface area contributed by atoms with E-state index in [0.717, 1.165) is 17.7 Å². The van der Waals surface area contributed by atoms with Crippen LogP contribution in [-0.2, 0) is 0 Å². The van der Waals surface area contributed by atoms with Crippen LogP contribution >= 0.6 is 0 Å². The molecule has 3 rings (SSSR count). The topological polar surface area (TPSA) is 71.1 Å². The summed E-state index contributed by atoms with van der Waals surface area (Å²) < 4.78 is 27.4. The Morgan fingerprint density at radius 1 is 0.889 bits per heavy atom. The number of halogens is 2. The molecule has 2 amide bonds. The van der Waals surface area contributed by atoms with Crippen LogP contribution in [0.5, 0.6) is 0 Å². The molecule has 0 saturated heterocycles. The van der Waals surface area contributed by atoms with E-state index in [-0.39, 0.29) is 11.3 Å². The maximum Gasteiger partial charge on any atom is 0.274 e. The number of carbonyl (C=O) groups is 2. The smallest absolute Gasteiger partial charge is 0.274 e. The molecular weight excluding hydrogens is 352 g/mol. The summed E-state index contributed by atoms with van der Waals surface area (Å²) >= 11 is 0. The number of nitrogens with zero attached hydrogens (tertiary/aromatic N) is 1. The number of nitrogens with one attached hydrogen (secondary N) is 2. The molecule has 27 heavy (non-hydrogen) atoms. The van der Waals surface area contributed by atoms with Crippen LogP contribution in [0.25, 0.3) is 0 Å². The molecule has 2 aromatic carbocycles. The van der Waals surface area contributed by atoms with Gasteiger partial charge < -0.3 is 10.6 Å². The molecule has 5 nitrogen and oxygen atoms in total. The van der Waals surface area contributed by atoms with Gasteiger partial charge in [0.15, 0.2) is 0 Å². The molecule has 0 unspecified atom stereocenters. The summed E-state index contributed by atoms with van der Waals surface area (Å²) in [5, 5.41) is 4.88. The van der Waals surface area contributed by atoms with Crippen molar-refractivity contribution < 1.29 is 18.4 Å². The number of aryl methyl sites for hydroxylation is 1. The molecule has 1 aromatic heterocycles. The minimum Gasteiger partial charge on any atom is -0.320 e. The highest BCUT2D eigenvalue weighted by Crippen LogP contribution is 2.19. The summed E-state index contributed by atoms with van der Waals surface area (Å²) in [6.45, 7) is 1.84. The summed E-state index contributed by atoms with van der Waals surface area (Å²) in [5.41, 5.74) is 0.982. The van der Waals surface area contributed by atoms with Crippen molar-refractivity contribution in [3.05, 3.63) is 89.2 Å². The molecule has 0 fully saturated rings. The molecule has 3 aromatic rings. The van der Waals surface area contributed by atoms with Gasteiger partial charge in [0.05, 0.1) is 0 Å². The Labute approximate surface area is 154 Å². The van der Waals surface area contributed by atoms with E-state index in [1.807, 2.05) is 19.1 Å². The fourth-order valence-corrected chi connectivity index (χ4v) is 2.40. The predicted octanol–water partition coefficient (Wildman–Crippen LogP) is 4.17. The van der Waals surface area contributed by atoms with E-state index in [0.29, 0.717) is 5.69 Å². The van der Waals surface area contributed by atoms with Gasteiger partial charge in [-0.1, -0.05) is 24.3 Å². The highest BCUT2D eigenvalue weighted by Gasteiger charge is 2.16. The van der Waals surface area contributed by atoms with Crippen LogP contribution < -0.4 is 10.6 Å². The molecule has 1 heterocycles. The van der Waals surface area contributed by atoms with E-state index in [9.17, 15) is 18.4 Å². The third-order valence-electron chi connectivity index (χ3n) is 3.85. The van der Waals surface area contributed by atoms with Gasteiger partial charge in [0.1, 0.15) is 23.0 Å². The quantitative estimate of drug-likeness (QED) is 0.727. The Morgan fingerprint density at radius 3 is 2.30 bits per heavy atom. The Morgan fingerprint density at radius 2 is 1.59 bits per heavy atom. The highest BCUT2D eigenvalue weighted by atomic mass is 19.1.